The summed E-state index contributed by atoms with van der Waals surface area (Å²) in [5.41, 5.74) is 0. The molecule has 0 aliphatic carbocycles. The minimum absolute atomic E-state index is 0.541. The Kier molecular flexibility index (Phi) is 3.52. The first kappa shape index (κ1) is 11.9. The molecule has 1 aromatic rings. The van der Waals surface area contributed by atoms with E-state index in [9.17, 15) is 0 Å². The standard InChI is InChI=1S/C11H19ClN4/c1-8-5-16(6-9(2)14-8)7-11-13-4-10(12)15(11)3/h4,8-9,14H,5-7H2,1-3H3. The zero-order chi connectivity index (χ0) is 11.7. The molecule has 0 amide bonds. The van der Waals surface area contributed by atoms with E-state index in [4.69, 9.17) is 11.6 Å². The monoisotopic (exact) mass is 242 g/mol. The fourth-order valence-electron chi connectivity index (χ4n) is 2.34. The second kappa shape index (κ2) is 4.73. The zero-order valence-electron chi connectivity index (χ0n) is 10.1. The molecular formula is C11H19ClN4. The Morgan fingerprint density at radius 1 is 1.44 bits per heavy atom. The maximum absolute atomic E-state index is 5.97. The van der Waals surface area contributed by atoms with Gasteiger partial charge in [-0.3, -0.25) is 4.90 Å². The van der Waals surface area contributed by atoms with Gasteiger partial charge >= 0.3 is 0 Å². The van der Waals surface area contributed by atoms with Gasteiger partial charge in [-0.05, 0) is 13.8 Å². The van der Waals surface area contributed by atoms with Crippen LogP contribution in [0.15, 0.2) is 6.20 Å². The lowest BCUT2D eigenvalue weighted by Gasteiger charge is -2.35. The number of nitrogens with zero attached hydrogens (tertiary/aromatic N) is 3. The van der Waals surface area contributed by atoms with Crippen molar-refractivity contribution < 1.29 is 0 Å². The van der Waals surface area contributed by atoms with Crippen molar-refractivity contribution in [2.75, 3.05) is 13.1 Å². The van der Waals surface area contributed by atoms with E-state index in [0.717, 1.165) is 25.5 Å². The summed E-state index contributed by atoms with van der Waals surface area (Å²) in [6.07, 6.45) is 1.71. The van der Waals surface area contributed by atoms with Crippen LogP contribution in [0.2, 0.25) is 5.15 Å². The molecule has 1 saturated heterocycles. The Morgan fingerprint density at radius 3 is 2.56 bits per heavy atom. The summed E-state index contributed by atoms with van der Waals surface area (Å²) in [5, 5.41) is 4.22. The highest BCUT2D eigenvalue weighted by Gasteiger charge is 2.21. The highest BCUT2D eigenvalue weighted by Crippen LogP contribution is 2.13. The fraction of sp³-hybridized carbons (Fsp3) is 0.727. The van der Waals surface area contributed by atoms with Crippen LogP contribution in [-0.4, -0.2) is 39.6 Å². The van der Waals surface area contributed by atoms with Crippen molar-refractivity contribution in [3.05, 3.63) is 17.2 Å². The van der Waals surface area contributed by atoms with Crippen LogP contribution in [-0.2, 0) is 13.6 Å². The van der Waals surface area contributed by atoms with Crippen LogP contribution in [0.3, 0.4) is 0 Å². The average molecular weight is 243 g/mol. The molecule has 16 heavy (non-hydrogen) atoms. The number of imidazole rings is 1. The van der Waals surface area contributed by atoms with Gasteiger partial charge in [0.25, 0.3) is 0 Å². The van der Waals surface area contributed by atoms with Crippen molar-refractivity contribution in [1.82, 2.24) is 19.8 Å². The number of aromatic nitrogens is 2. The van der Waals surface area contributed by atoms with Crippen LogP contribution < -0.4 is 5.32 Å². The van der Waals surface area contributed by atoms with Gasteiger partial charge < -0.3 is 9.88 Å². The molecule has 1 fully saturated rings. The van der Waals surface area contributed by atoms with E-state index in [2.05, 4.69) is 29.0 Å². The lowest BCUT2D eigenvalue weighted by molar-refractivity contribution is 0.162. The van der Waals surface area contributed by atoms with Gasteiger partial charge in [-0.25, -0.2) is 4.98 Å². The van der Waals surface area contributed by atoms with Crippen molar-refractivity contribution in [2.45, 2.75) is 32.5 Å². The molecule has 90 valence electrons. The summed E-state index contributed by atoms with van der Waals surface area (Å²) in [5.74, 6) is 1.03. The summed E-state index contributed by atoms with van der Waals surface area (Å²) >= 11 is 5.97. The van der Waals surface area contributed by atoms with Crippen LogP contribution in [0, 0.1) is 0 Å². The second-order valence-corrected chi connectivity index (χ2v) is 5.11. The number of hydrogen-bond donors (Lipinski definition) is 1. The first-order valence-corrected chi connectivity index (χ1v) is 6.08. The molecule has 0 bridgehead atoms. The van der Waals surface area contributed by atoms with Gasteiger partial charge in [-0.15, -0.1) is 0 Å². The van der Waals surface area contributed by atoms with E-state index >= 15 is 0 Å². The zero-order valence-corrected chi connectivity index (χ0v) is 10.8. The molecule has 0 radical (unpaired) electrons. The number of nitrogens with one attached hydrogen (secondary N) is 1. The van der Waals surface area contributed by atoms with Gasteiger partial charge in [0.1, 0.15) is 11.0 Å². The number of halogens is 1. The van der Waals surface area contributed by atoms with E-state index in [1.165, 1.54) is 0 Å². The molecule has 1 N–H and O–H groups in total. The highest BCUT2D eigenvalue weighted by atomic mass is 35.5. The molecule has 2 atom stereocenters. The van der Waals surface area contributed by atoms with Crippen LogP contribution in [0.1, 0.15) is 19.7 Å². The fourth-order valence-corrected chi connectivity index (χ4v) is 2.49. The van der Waals surface area contributed by atoms with Crippen LogP contribution in [0.4, 0.5) is 0 Å². The third-order valence-electron chi connectivity index (χ3n) is 3.03. The van der Waals surface area contributed by atoms with Crippen LogP contribution in [0.25, 0.3) is 0 Å². The minimum atomic E-state index is 0.541. The van der Waals surface area contributed by atoms with Gasteiger partial charge in [0.05, 0.1) is 12.7 Å². The molecule has 4 nitrogen and oxygen atoms in total. The summed E-state index contributed by atoms with van der Waals surface area (Å²) in [7, 11) is 1.96. The Morgan fingerprint density at radius 2 is 2.06 bits per heavy atom. The highest BCUT2D eigenvalue weighted by molar-refractivity contribution is 6.29. The molecule has 1 aliphatic rings. The van der Waals surface area contributed by atoms with Crippen molar-refractivity contribution in [1.29, 1.82) is 0 Å². The summed E-state index contributed by atoms with van der Waals surface area (Å²) < 4.78 is 1.94. The second-order valence-electron chi connectivity index (χ2n) is 4.72. The molecule has 0 spiro atoms. The lowest BCUT2D eigenvalue weighted by Crippen LogP contribution is -2.53. The Balaban J connectivity index is 2.01. The maximum Gasteiger partial charge on any atom is 0.128 e. The molecule has 0 aromatic carbocycles. The van der Waals surface area contributed by atoms with Crippen molar-refractivity contribution in [2.24, 2.45) is 7.05 Å². The average Bonchev–Trinajstić information content (AvgIpc) is 2.48. The van der Waals surface area contributed by atoms with Crippen molar-refractivity contribution in [3.8, 4) is 0 Å². The Labute approximate surface area is 102 Å². The number of hydrogen-bond acceptors (Lipinski definition) is 3. The smallest absolute Gasteiger partial charge is 0.128 e. The molecule has 1 aliphatic heterocycles. The summed E-state index contributed by atoms with van der Waals surface area (Å²) in [6.45, 7) is 7.44. The van der Waals surface area contributed by atoms with Gasteiger partial charge in [-0.1, -0.05) is 11.6 Å². The maximum atomic E-state index is 5.97. The molecule has 5 heteroatoms. The molecular weight excluding hydrogens is 224 g/mol. The molecule has 0 saturated carbocycles. The van der Waals surface area contributed by atoms with Crippen molar-refractivity contribution >= 4 is 11.6 Å². The molecule has 1 aromatic heterocycles. The van der Waals surface area contributed by atoms with Gasteiger partial charge in [0.2, 0.25) is 0 Å². The first-order chi connectivity index (χ1) is 7.56. The van der Waals surface area contributed by atoms with Crippen LogP contribution in [0.5, 0.6) is 0 Å². The Hall–Kier alpha value is -0.580. The molecule has 2 heterocycles. The van der Waals surface area contributed by atoms with E-state index in [0.29, 0.717) is 17.2 Å². The number of rotatable bonds is 2. The third-order valence-corrected chi connectivity index (χ3v) is 3.38. The van der Waals surface area contributed by atoms with Gasteiger partial charge in [0, 0.05) is 32.2 Å². The molecule has 2 rings (SSSR count). The SMILES string of the molecule is CC1CN(Cc2ncc(Cl)n2C)CC(C)N1. The van der Waals surface area contributed by atoms with Gasteiger partial charge in [0.15, 0.2) is 0 Å². The van der Waals surface area contributed by atoms with E-state index < -0.39 is 0 Å². The van der Waals surface area contributed by atoms with Crippen molar-refractivity contribution in [3.63, 3.8) is 0 Å². The lowest BCUT2D eigenvalue weighted by atomic mass is 10.1. The first-order valence-electron chi connectivity index (χ1n) is 5.70. The van der Waals surface area contributed by atoms with Crippen LogP contribution >= 0.6 is 11.6 Å². The third kappa shape index (κ3) is 2.56. The summed E-state index contributed by atoms with van der Waals surface area (Å²) in [4.78, 5) is 6.75. The Bertz CT molecular complexity index is 353. The largest absolute Gasteiger partial charge is 0.321 e. The molecule has 2 unspecified atom stereocenters. The van der Waals surface area contributed by atoms with E-state index in [-0.39, 0.29) is 0 Å². The van der Waals surface area contributed by atoms with Gasteiger partial charge in [-0.2, -0.15) is 0 Å². The quantitative estimate of drug-likeness (QED) is 0.848. The predicted molar refractivity (Wildman–Crippen MR) is 65.6 cm³/mol. The predicted octanol–water partition coefficient (Wildman–Crippen LogP) is 1.26. The summed E-state index contributed by atoms with van der Waals surface area (Å²) in [6, 6.07) is 1.08. The van der Waals surface area contributed by atoms with E-state index in [1.807, 2.05) is 11.6 Å². The normalized spacial score (nSPS) is 27.2. The number of piperazine rings is 1. The van der Waals surface area contributed by atoms with E-state index in [1.54, 1.807) is 6.20 Å². The topological polar surface area (TPSA) is 33.1 Å². The minimum Gasteiger partial charge on any atom is -0.321 e.